The minimum absolute atomic E-state index is 0.0345. The van der Waals surface area contributed by atoms with Crippen LogP contribution >= 0.6 is 0 Å². The molecule has 2 aromatic heterocycles. The molecule has 0 amide bonds. The highest BCUT2D eigenvalue weighted by Crippen LogP contribution is 2.51. The number of imidazole rings is 1. The molecule has 4 atom stereocenters. The normalized spacial score (nSPS) is 34.4. The Hall–Kier alpha value is -1.73. The number of rotatable bonds is 3. The van der Waals surface area contributed by atoms with Crippen LogP contribution < -0.4 is 5.73 Å². The van der Waals surface area contributed by atoms with E-state index in [1.54, 1.807) is 6.33 Å². The molecule has 7 heteroatoms. The van der Waals surface area contributed by atoms with Crippen molar-refractivity contribution in [2.45, 2.75) is 51.0 Å². The summed E-state index contributed by atoms with van der Waals surface area (Å²) in [7, 11) is 0. The molecular weight excluding hydrogens is 282 g/mol. The van der Waals surface area contributed by atoms with E-state index >= 15 is 0 Å². The van der Waals surface area contributed by atoms with E-state index in [9.17, 15) is 0 Å². The molecule has 7 nitrogen and oxygen atoms in total. The fraction of sp³-hybridized carbons (Fsp3) is 0.667. The summed E-state index contributed by atoms with van der Waals surface area (Å²) in [5, 5.41) is 0. The summed E-state index contributed by atoms with van der Waals surface area (Å²) in [6, 6.07) is 0. The number of fused-ring (bicyclic) bond motifs is 3. The van der Waals surface area contributed by atoms with Crippen LogP contribution in [-0.2, 0) is 9.47 Å². The number of hydrogen-bond acceptors (Lipinski definition) is 6. The number of nitrogen functional groups attached to an aromatic ring is 1. The van der Waals surface area contributed by atoms with Crippen molar-refractivity contribution >= 4 is 17.0 Å². The van der Waals surface area contributed by atoms with Crippen molar-refractivity contribution < 1.29 is 9.47 Å². The first-order chi connectivity index (χ1) is 10.7. The summed E-state index contributed by atoms with van der Waals surface area (Å²) in [4.78, 5) is 12.7. The molecule has 2 aliphatic rings. The smallest absolute Gasteiger partial charge is 0.167 e. The van der Waals surface area contributed by atoms with E-state index in [4.69, 9.17) is 15.2 Å². The number of ether oxygens (including phenoxy) is 2. The highest BCUT2D eigenvalue weighted by atomic mass is 16.6. The van der Waals surface area contributed by atoms with E-state index in [2.05, 4.69) is 28.8 Å². The van der Waals surface area contributed by atoms with Gasteiger partial charge < -0.3 is 15.2 Å². The molecule has 2 saturated heterocycles. The van der Waals surface area contributed by atoms with Crippen LogP contribution in [0, 0.1) is 5.92 Å². The molecule has 2 aliphatic heterocycles. The quantitative estimate of drug-likeness (QED) is 0.931. The third kappa shape index (κ3) is 1.72. The lowest BCUT2D eigenvalue weighted by molar-refractivity contribution is -0.0901. The number of anilines is 1. The van der Waals surface area contributed by atoms with Gasteiger partial charge in [0.25, 0.3) is 0 Å². The van der Waals surface area contributed by atoms with E-state index in [1.807, 2.05) is 4.57 Å². The van der Waals surface area contributed by atoms with Gasteiger partial charge in [-0.2, -0.15) is 0 Å². The summed E-state index contributed by atoms with van der Waals surface area (Å²) in [6.07, 6.45) is 6.01. The molecular formula is C15H21N5O2. The van der Waals surface area contributed by atoms with Crippen LogP contribution in [0.5, 0.6) is 0 Å². The monoisotopic (exact) mass is 303 g/mol. The predicted molar refractivity (Wildman–Crippen MR) is 81.0 cm³/mol. The Morgan fingerprint density at radius 3 is 2.95 bits per heavy atom. The number of nitrogens with two attached hydrogens (primary N) is 1. The molecule has 4 heterocycles. The van der Waals surface area contributed by atoms with Crippen molar-refractivity contribution in [3.05, 3.63) is 12.7 Å². The van der Waals surface area contributed by atoms with Crippen LogP contribution in [0.15, 0.2) is 12.7 Å². The molecule has 2 N–H and O–H groups in total. The summed E-state index contributed by atoms with van der Waals surface area (Å²) in [6.45, 7) is 5.14. The lowest BCUT2D eigenvalue weighted by atomic mass is 9.78. The Kier molecular flexibility index (Phi) is 3.09. The van der Waals surface area contributed by atoms with Crippen molar-refractivity contribution in [2.24, 2.45) is 5.92 Å². The van der Waals surface area contributed by atoms with Gasteiger partial charge in [-0.3, -0.25) is 4.57 Å². The number of nitrogens with zero attached hydrogens (tertiary/aromatic N) is 4. The zero-order valence-electron chi connectivity index (χ0n) is 12.9. The first kappa shape index (κ1) is 13.9. The number of hydrogen-bond donors (Lipinski definition) is 1. The Bertz CT molecular complexity index is 702. The van der Waals surface area contributed by atoms with E-state index in [0.717, 1.165) is 25.9 Å². The lowest BCUT2D eigenvalue weighted by Crippen LogP contribution is -2.43. The molecule has 2 fully saturated rings. The van der Waals surface area contributed by atoms with Crippen molar-refractivity contribution in [1.82, 2.24) is 19.5 Å². The van der Waals surface area contributed by atoms with Gasteiger partial charge in [0.1, 0.15) is 17.9 Å². The SMILES string of the molecule is CC[C@@H]1C2OCC[C@]1(CC)O[C@H]2n1cnc2c(N)ncnc21. The summed E-state index contributed by atoms with van der Waals surface area (Å²) >= 11 is 0. The standard InChI is InChI=1S/C15H21N5O2/c1-3-9-11-14(22-15(9,4-2)5-6-21-11)20-8-19-10-12(16)17-7-18-13(10)20/h7-9,11,14H,3-6H2,1-2H3,(H2,16,17,18)/t9-,11?,14-,15+/m1/s1. The van der Waals surface area contributed by atoms with Gasteiger partial charge in [0, 0.05) is 18.9 Å². The topological polar surface area (TPSA) is 88.1 Å². The second-order valence-corrected chi connectivity index (χ2v) is 6.11. The van der Waals surface area contributed by atoms with E-state index in [1.165, 1.54) is 6.33 Å². The molecule has 0 saturated carbocycles. The molecule has 0 aliphatic carbocycles. The fourth-order valence-corrected chi connectivity index (χ4v) is 4.10. The minimum Gasteiger partial charge on any atom is -0.382 e. The molecule has 1 unspecified atom stereocenters. The van der Waals surface area contributed by atoms with E-state index < -0.39 is 0 Å². The number of aromatic nitrogens is 4. The van der Waals surface area contributed by atoms with Gasteiger partial charge in [0.05, 0.1) is 11.9 Å². The molecule has 2 bridgehead atoms. The maximum Gasteiger partial charge on any atom is 0.167 e. The first-order valence-electron chi connectivity index (χ1n) is 7.92. The van der Waals surface area contributed by atoms with Crippen molar-refractivity contribution in [3.8, 4) is 0 Å². The van der Waals surface area contributed by atoms with Gasteiger partial charge in [-0.25, -0.2) is 15.0 Å². The molecule has 22 heavy (non-hydrogen) atoms. The second-order valence-electron chi connectivity index (χ2n) is 6.11. The molecule has 0 spiro atoms. The summed E-state index contributed by atoms with van der Waals surface area (Å²) in [5.41, 5.74) is 7.10. The van der Waals surface area contributed by atoms with Crippen LogP contribution in [-0.4, -0.2) is 37.8 Å². The highest BCUT2D eigenvalue weighted by Gasteiger charge is 2.56. The van der Waals surface area contributed by atoms with Gasteiger partial charge in [-0.05, 0) is 12.8 Å². The zero-order valence-corrected chi connectivity index (χ0v) is 12.9. The first-order valence-corrected chi connectivity index (χ1v) is 7.92. The largest absolute Gasteiger partial charge is 0.382 e. The average Bonchev–Trinajstić information content (AvgIpc) is 3.03. The van der Waals surface area contributed by atoms with Crippen LogP contribution in [0.1, 0.15) is 39.3 Å². The van der Waals surface area contributed by atoms with Gasteiger partial charge in [0.15, 0.2) is 17.7 Å². The maximum atomic E-state index is 6.51. The molecule has 0 aromatic carbocycles. The Morgan fingerprint density at radius 1 is 1.36 bits per heavy atom. The van der Waals surface area contributed by atoms with E-state index in [-0.39, 0.29) is 17.9 Å². The van der Waals surface area contributed by atoms with Gasteiger partial charge in [-0.15, -0.1) is 0 Å². The molecule has 4 rings (SSSR count). The Labute approximate surface area is 128 Å². The van der Waals surface area contributed by atoms with Crippen LogP contribution in [0.2, 0.25) is 0 Å². The van der Waals surface area contributed by atoms with Crippen molar-refractivity contribution in [3.63, 3.8) is 0 Å². The molecule has 2 aromatic rings. The van der Waals surface area contributed by atoms with Crippen LogP contribution in [0.25, 0.3) is 11.2 Å². The van der Waals surface area contributed by atoms with Gasteiger partial charge >= 0.3 is 0 Å². The van der Waals surface area contributed by atoms with Gasteiger partial charge in [-0.1, -0.05) is 13.8 Å². The average molecular weight is 303 g/mol. The molecule has 118 valence electrons. The van der Waals surface area contributed by atoms with Gasteiger partial charge in [0.2, 0.25) is 0 Å². The zero-order chi connectivity index (χ0) is 15.3. The van der Waals surface area contributed by atoms with Crippen LogP contribution in [0.4, 0.5) is 5.82 Å². The van der Waals surface area contributed by atoms with E-state index in [0.29, 0.717) is 22.9 Å². The second kappa shape index (κ2) is 4.89. The summed E-state index contributed by atoms with van der Waals surface area (Å²) in [5.74, 6) is 0.788. The Morgan fingerprint density at radius 2 is 2.23 bits per heavy atom. The fourth-order valence-electron chi connectivity index (χ4n) is 4.10. The predicted octanol–water partition coefficient (Wildman–Crippen LogP) is 1.90. The minimum atomic E-state index is -0.202. The van der Waals surface area contributed by atoms with Crippen molar-refractivity contribution in [2.75, 3.05) is 12.3 Å². The Balaban J connectivity index is 1.81. The third-order valence-electron chi connectivity index (χ3n) is 5.24. The lowest BCUT2D eigenvalue weighted by Gasteiger charge is -2.37. The summed E-state index contributed by atoms with van der Waals surface area (Å²) < 4.78 is 14.5. The molecule has 0 radical (unpaired) electrons. The maximum absolute atomic E-state index is 6.51. The van der Waals surface area contributed by atoms with Crippen LogP contribution in [0.3, 0.4) is 0 Å². The van der Waals surface area contributed by atoms with Crippen molar-refractivity contribution in [1.29, 1.82) is 0 Å². The highest BCUT2D eigenvalue weighted by molar-refractivity contribution is 5.81. The third-order valence-corrected chi connectivity index (χ3v) is 5.24.